The lowest BCUT2D eigenvalue weighted by Gasteiger charge is -2.04. The number of hydrogen-bond acceptors (Lipinski definition) is 3. The SMILES string of the molecule is CCCCCCCC/C=C\CCCCCCCCOP(=O)(O)O.CCNCC. The van der Waals surface area contributed by atoms with Crippen LogP contribution in [0.5, 0.6) is 0 Å². The molecule has 0 heterocycles. The van der Waals surface area contributed by atoms with Crippen molar-refractivity contribution in [3.8, 4) is 0 Å². The van der Waals surface area contributed by atoms with Crippen molar-refractivity contribution in [3.05, 3.63) is 12.2 Å². The maximum atomic E-state index is 10.5. The summed E-state index contributed by atoms with van der Waals surface area (Å²) in [5, 5.41) is 3.11. The summed E-state index contributed by atoms with van der Waals surface area (Å²) in [6.45, 7) is 8.80. The van der Waals surface area contributed by atoms with E-state index in [4.69, 9.17) is 9.79 Å². The molecule has 170 valence electrons. The van der Waals surface area contributed by atoms with E-state index >= 15 is 0 Å². The van der Waals surface area contributed by atoms with Crippen LogP contribution < -0.4 is 5.32 Å². The van der Waals surface area contributed by atoms with Gasteiger partial charge < -0.3 is 15.1 Å². The Morgan fingerprint density at radius 2 is 1.14 bits per heavy atom. The number of phosphoric ester groups is 1. The predicted octanol–water partition coefficient (Wildman–Crippen LogP) is 6.75. The van der Waals surface area contributed by atoms with Gasteiger partial charge in [-0.25, -0.2) is 4.57 Å². The average molecular weight is 422 g/mol. The van der Waals surface area contributed by atoms with Crippen molar-refractivity contribution < 1.29 is 18.9 Å². The van der Waals surface area contributed by atoms with Gasteiger partial charge in [0.15, 0.2) is 0 Å². The van der Waals surface area contributed by atoms with E-state index in [0.29, 0.717) is 0 Å². The molecule has 0 radical (unpaired) electrons. The Labute approximate surface area is 175 Å². The van der Waals surface area contributed by atoms with Gasteiger partial charge >= 0.3 is 7.82 Å². The van der Waals surface area contributed by atoms with Crippen LogP contribution in [0.3, 0.4) is 0 Å². The summed E-state index contributed by atoms with van der Waals surface area (Å²) in [6.07, 6.45) is 21.7. The third-order valence-electron chi connectivity index (χ3n) is 4.42. The van der Waals surface area contributed by atoms with Gasteiger partial charge in [-0.15, -0.1) is 0 Å². The summed E-state index contributed by atoms with van der Waals surface area (Å²) in [5.41, 5.74) is 0. The van der Waals surface area contributed by atoms with E-state index < -0.39 is 7.82 Å². The summed E-state index contributed by atoms with van der Waals surface area (Å²) >= 11 is 0. The van der Waals surface area contributed by atoms with Crippen LogP contribution in [0.4, 0.5) is 0 Å². The Kier molecular flexibility index (Phi) is 26.6. The molecule has 0 aromatic heterocycles. The van der Waals surface area contributed by atoms with Gasteiger partial charge in [0.05, 0.1) is 6.61 Å². The fraction of sp³-hybridized carbons (Fsp3) is 0.909. The second kappa shape index (κ2) is 24.8. The fourth-order valence-electron chi connectivity index (χ4n) is 2.78. The third kappa shape index (κ3) is 33.4. The Bertz CT molecular complexity index is 356. The van der Waals surface area contributed by atoms with Crippen molar-refractivity contribution >= 4 is 7.82 Å². The number of rotatable bonds is 19. The fourth-order valence-corrected chi connectivity index (χ4v) is 3.15. The molecule has 5 nitrogen and oxygen atoms in total. The standard InChI is InChI=1S/C18H37O4P.C4H11N/c1-2-3-4-5-6-7-8-9-10-11-12-13-14-15-16-17-18-22-23(19,20)21;1-3-5-4-2/h9-10H,2-8,11-18H2,1H3,(H2,19,20,21);5H,3-4H2,1-2H3/b10-9-;. The predicted molar refractivity (Wildman–Crippen MR) is 122 cm³/mol. The Hall–Kier alpha value is -0.190. The smallest absolute Gasteiger partial charge is 0.317 e. The van der Waals surface area contributed by atoms with Crippen LogP contribution in [0, 0.1) is 0 Å². The summed E-state index contributed by atoms with van der Waals surface area (Å²) < 4.78 is 14.9. The third-order valence-corrected chi connectivity index (χ3v) is 4.93. The van der Waals surface area contributed by atoms with Crippen LogP contribution in [-0.4, -0.2) is 29.5 Å². The van der Waals surface area contributed by atoms with Gasteiger partial charge in [0, 0.05) is 0 Å². The molecule has 0 saturated carbocycles. The molecule has 6 heteroatoms. The summed E-state index contributed by atoms with van der Waals surface area (Å²) in [5.74, 6) is 0. The van der Waals surface area contributed by atoms with Crippen molar-refractivity contribution in [1.29, 1.82) is 0 Å². The van der Waals surface area contributed by atoms with Crippen LogP contribution in [0.2, 0.25) is 0 Å². The highest BCUT2D eigenvalue weighted by Gasteiger charge is 2.12. The molecule has 0 bridgehead atoms. The molecule has 0 atom stereocenters. The maximum absolute atomic E-state index is 10.5. The first kappa shape index (κ1) is 30.0. The molecule has 0 aliphatic heterocycles. The van der Waals surface area contributed by atoms with Crippen LogP contribution >= 0.6 is 7.82 Å². The van der Waals surface area contributed by atoms with E-state index in [9.17, 15) is 4.57 Å². The van der Waals surface area contributed by atoms with Crippen LogP contribution in [0.15, 0.2) is 12.2 Å². The molecular formula is C22H48NO4P. The molecule has 0 aromatic rings. The lowest BCUT2D eigenvalue weighted by atomic mass is 10.1. The molecule has 0 aliphatic carbocycles. The van der Waals surface area contributed by atoms with E-state index in [0.717, 1.165) is 32.4 Å². The van der Waals surface area contributed by atoms with Gasteiger partial charge in [0.1, 0.15) is 0 Å². The van der Waals surface area contributed by atoms with E-state index in [1.807, 2.05) is 0 Å². The molecule has 0 fully saturated rings. The summed E-state index contributed by atoms with van der Waals surface area (Å²) in [6, 6.07) is 0. The van der Waals surface area contributed by atoms with Crippen LogP contribution in [0.1, 0.15) is 111 Å². The largest absolute Gasteiger partial charge is 0.469 e. The van der Waals surface area contributed by atoms with Crippen LogP contribution in [0.25, 0.3) is 0 Å². The zero-order valence-electron chi connectivity index (χ0n) is 18.8. The molecule has 0 aliphatic rings. The van der Waals surface area contributed by atoms with E-state index in [-0.39, 0.29) is 6.61 Å². The minimum Gasteiger partial charge on any atom is -0.317 e. The highest BCUT2D eigenvalue weighted by atomic mass is 31.2. The second-order valence-electron chi connectivity index (χ2n) is 7.22. The normalized spacial score (nSPS) is 11.6. The molecule has 3 N–H and O–H groups in total. The van der Waals surface area contributed by atoms with Gasteiger partial charge in [-0.1, -0.05) is 90.7 Å². The molecule has 0 unspecified atom stereocenters. The first-order valence-corrected chi connectivity index (χ1v) is 13.1. The van der Waals surface area contributed by atoms with Gasteiger partial charge in [0.25, 0.3) is 0 Å². The number of phosphoric acid groups is 1. The Balaban J connectivity index is 0. The topological polar surface area (TPSA) is 78.8 Å². The van der Waals surface area contributed by atoms with E-state index in [2.05, 4.69) is 42.8 Å². The van der Waals surface area contributed by atoms with E-state index in [1.54, 1.807) is 0 Å². The van der Waals surface area contributed by atoms with Gasteiger partial charge in [0.2, 0.25) is 0 Å². The van der Waals surface area contributed by atoms with Crippen molar-refractivity contribution in [2.24, 2.45) is 0 Å². The lowest BCUT2D eigenvalue weighted by molar-refractivity contribution is 0.193. The monoisotopic (exact) mass is 421 g/mol. The molecule has 0 saturated heterocycles. The number of nitrogens with one attached hydrogen (secondary N) is 1. The minimum atomic E-state index is -4.26. The first-order chi connectivity index (χ1) is 13.5. The lowest BCUT2D eigenvalue weighted by Crippen LogP contribution is -2.09. The van der Waals surface area contributed by atoms with Crippen molar-refractivity contribution in [2.75, 3.05) is 19.7 Å². The number of allylic oxidation sites excluding steroid dienone is 2. The zero-order valence-corrected chi connectivity index (χ0v) is 19.7. The van der Waals surface area contributed by atoms with Crippen LogP contribution in [-0.2, 0) is 9.09 Å². The highest BCUT2D eigenvalue weighted by Crippen LogP contribution is 2.35. The molecular weight excluding hydrogens is 373 g/mol. The van der Waals surface area contributed by atoms with Crippen molar-refractivity contribution in [3.63, 3.8) is 0 Å². The van der Waals surface area contributed by atoms with Gasteiger partial charge in [-0.2, -0.15) is 0 Å². The van der Waals surface area contributed by atoms with Gasteiger partial charge in [-0.3, -0.25) is 4.52 Å². The second-order valence-corrected chi connectivity index (χ2v) is 8.46. The zero-order chi connectivity index (χ0) is 21.3. The molecule has 0 rings (SSSR count). The Morgan fingerprint density at radius 1 is 0.714 bits per heavy atom. The quantitative estimate of drug-likeness (QED) is 0.122. The molecule has 0 aromatic carbocycles. The van der Waals surface area contributed by atoms with E-state index in [1.165, 1.54) is 70.6 Å². The summed E-state index contributed by atoms with van der Waals surface area (Å²) in [4.78, 5) is 17.1. The van der Waals surface area contributed by atoms with Crippen molar-refractivity contribution in [2.45, 2.75) is 111 Å². The number of unbranched alkanes of at least 4 members (excludes halogenated alkanes) is 12. The number of hydrogen-bond donors (Lipinski definition) is 3. The summed E-state index contributed by atoms with van der Waals surface area (Å²) in [7, 11) is -4.26. The minimum absolute atomic E-state index is 0.158. The maximum Gasteiger partial charge on any atom is 0.469 e. The van der Waals surface area contributed by atoms with Crippen molar-refractivity contribution in [1.82, 2.24) is 5.32 Å². The highest BCUT2D eigenvalue weighted by molar-refractivity contribution is 7.46. The van der Waals surface area contributed by atoms with Gasteiger partial charge in [-0.05, 0) is 45.2 Å². The molecule has 28 heavy (non-hydrogen) atoms. The molecule has 0 spiro atoms. The average Bonchev–Trinajstić information content (AvgIpc) is 2.64. The first-order valence-electron chi connectivity index (χ1n) is 11.5. The Morgan fingerprint density at radius 3 is 1.54 bits per heavy atom. The molecule has 0 amide bonds.